The first-order chi connectivity index (χ1) is 16.7. The molecular weight excluding hydrogens is 507 g/mol. The highest BCUT2D eigenvalue weighted by atomic mass is 35.5. The van der Waals surface area contributed by atoms with Crippen molar-refractivity contribution < 1.29 is 9.59 Å². The Morgan fingerprint density at radius 2 is 1.80 bits per heavy atom. The number of halogens is 3. The zero-order valence-corrected chi connectivity index (χ0v) is 21.2. The van der Waals surface area contributed by atoms with E-state index in [1.165, 1.54) is 11.0 Å². The van der Waals surface area contributed by atoms with Gasteiger partial charge in [-0.05, 0) is 48.9 Å². The van der Waals surface area contributed by atoms with Gasteiger partial charge in [-0.25, -0.2) is 4.98 Å². The van der Waals surface area contributed by atoms with E-state index in [1.54, 1.807) is 56.4 Å². The van der Waals surface area contributed by atoms with E-state index in [1.807, 2.05) is 6.07 Å². The third-order valence-corrected chi connectivity index (χ3v) is 7.33. The zero-order chi connectivity index (χ0) is 25.3. The minimum absolute atomic E-state index is 0.143. The van der Waals surface area contributed by atoms with E-state index in [9.17, 15) is 9.59 Å². The fraction of sp³-hybridized carbons (Fsp3) is 0.231. The van der Waals surface area contributed by atoms with E-state index in [-0.39, 0.29) is 18.0 Å². The van der Waals surface area contributed by atoms with Crippen molar-refractivity contribution in [3.63, 3.8) is 0 Å². The van der Waals surface area contributed by atoms with Crippen LogP contribution in [0.25, 0.3) is 0 Å². The molecular formula is C26H21Cl3N4O2. The predicted octanol–water partition coefficient (Wildman–Crippen LogP) is 5.30. The van der Waals surface area contributed by atoms with Crippen LogP contribution in [-0.2, 0) is 0 Å². The molecule has 2 atom stereocenters. The summed E-state index contributed by atoms with van der Waals surface area (Å²) in [4.78, 5) is 33.7. The third-order valence-electron chi connectivity index (χ3n) is 6.38. The summed E-state index contributed by atoms with van der Waals surface area (Å²) in [5.74, 6) is -1.14. The van der Waals surface area contributed by atoms with Crippen LogP contribution in [0.4, 0.5) is 0 Å². The van der Waals surface area contributed by atoms with Crippen molar-refractivity contribution in [2.75, 3.05) is 20.1 Å². The second kappa shape index (κ2) is 9.96. The lowest BCUT2D eigenvalue weighted by molar-refractivity contribution is 0.0473. The molecule has 1 saturated heterocycles. The Hall–Kier alpha value is -2.95. The largest absolute Gasteiger partial charge is 0.325 e. The number of aromatic nitrogens is 1. The molecule has 35 heavy (non-hydrogen) atoms. The first-order valence-electron chi connectivity index (χ1n) is 10.8. The molecule has 0 spiro atoms. The van der Waals surface area contributed by atoms with Crippen molar-refractivity contribution >= 4 is 46.5 Å². The molecule has 0 unspecified atom stereocenters. The van der Waals surface area contributed by atoms with Crippen molar-refractivity contribution in [2.45, 2.75) is 18.4 Å². The van der Waals surface area contributed by atoms with Crippen LogP contribution >= 0.6 is 34.8 Å². The average molecular weight is 528 g/mol. The van der Waals surface area contributed by atoms with Crippen LogP contribution in [0.3, 0.4) is 0 Å². The van der Waals surface area contributed by atoms with Gasteiger partial charge in [0.05, 0.1) is 21.7 Å². The highest BCUT2D eigenvalue weighted by Crippen LogP contribution is 2.41. The third kappa shape index (κ3) is 4.65. The molecule has 1 fully saturated rings. The van der Waals surface area contributed by atoms with Crippen molar-refractivity contribution in [2.24, 2.45) is 0 Å². The average Bonchev–Trinajstić information content (AvgIpc) is 3.30. The number of nitrogens with zero attached hydrogens (tertiary/aromatic N) is 3. The lowest BCUT2D eigenvalue weighted by atomic mass is 9.75. The predicted molar refractivity (Wildman–Crippen MR) is 136 cm³/mol. The number of amides is 1. The Kier molecular flexibility index (Phi) is 7.16. The standard InChI is InChI=1S/C26H21Cl3N4O2/c1-15-9-19(27)11-23(32-15)25(35)33(2)26(24(34)17-5-3-16(12-30)4-6-17)14-31-13-20(26)18-7-8-21(28)22(29)10-18/h3-11,20,31H,13-14H2,1-2H3/t20-,26+/m0/s1. The van der Waals surface area contributed by atoms with E-state index in [4.69, 9.17) is 40.1 Å². The summed E-state index contributed by atoms with van der Waals surface area (Å²) in [6, 6.07) is 16.8. The maximum absolute atomic E-state index is 14.2. The molecule has 6 nitrogen and oxygen atoms in total. The van der Waals surface area contributed by atoms with Gasteiger partial charge in [0.1, 0.15) is 11.2 Å². The number of hydrogen-bond acceptors (Lipinski definition) is 5. The van der Waals surface area contributed by atoms with E-state index < -0.39 is 17.4 Å². The lowest BCUT2D eigenvalue weighted by Crippen LogP contribution is -2.59. The summed E-state index contributed by atoms with van der Waals surface area (Å²) in [6.07, 6.45) is 0. The van der Waals surface area contributed by atoms with Gasteiger partial charge in [0.15, 0.2) is 5.78 Å². The second-order valence-corrected chi connectivity index (χ2v) is 9.73. The van der Waals surface area contributed by atoms with Crippen molar-refractivity contribution in [3.8, 4) is 6.07 Å². The number of nitrogens with one attached hydrogen (secondary N) is 1. The highest BCUT2D eigenvalue weighted by molar-refractivity contribution is 6.42. The molecule has 1 aliphatic heterocycles. The number of benzene rings is 2. The highest BCUT2D eigenvalue weighted by Gasteiger charge is 2.54. The molecule has 1 aromatic heterocycles. The van der Waals surface area contributed by atoms with Crippen LogP contribution in [0, 0.1) is 18.3 Å². The Morgan fingerprint density at radius 3 is 2.43 bits per heavy atom. The molecule has 1 N–H and O–H groups in total. The van der Waals surface area contributed by atoms with Gasteiger partial charge >= 0.3 is 0 Å². The minimum atomic E-state index is -1.31. The number of rotatable bonds is 5. The molecule has 0 saturated carbocycles. The van der Waals surface area contributed by atoms with Crippen LogP contribution in [0.1, 0.15) is 43.6 Å². The fourth-order valence-electron chi connectivity index (χ4n) is 4.60. The molecule has 9 heteroatoms. The number of ketones is 1. The normalized spacial score (nSPS) is 19.3. The molecule has 0 bridgehead atoms. The summed E-state index contributed by atoms with van der Waals surface area (Å²) in [5.41, 5.74) is 1.01. The van der Waals surface area contributed by atoms with Gasteiger partial charge in [-0.1, -0.05) is 53.0 Å². The summed E-state index contributed by atoms with van der Waals surface area (Å²) in [7, 11) is 1.60. The fourth-order valence-corrected chi connectivity index (χ4v) is 5.17. The SMILES string of the molecule is Cc1cc(Cl)cc(C(=O)N(C)[C@]2(C(=O)c3ccc(C#N)cc3)CNC[C@H]2c2ccc(Cl)c(Cl)c2)n1. The van der Waals surface area contributed by atoms with Gasteiger partial charge in [0.25, 0.3) is 5.91 Å². The Bertz CT molecular complexity index is 1330. The Morgan fingerprint density at radius 1 is 1.09 bits per heavy atom. The van der Waals surface area contributed by atoms with Gasteiger partial charge in [0, 0.05) is 42.3 Å². The van der Waals surface area contributed by atoms with Crippen LogP contribution in [0.2, 0.25) is 15.1 Å². The van der Waals surface area contributed by atoms with Gasteiger partial charge in [-0.15, -0.1) is 0 Å². The van der Waals surface area contributed by atoms with Gasteiger partial charge in [0.2, 0.25) is 0 Å². The quantitative estimate of drug-likeness (QED) is 0.455. The first-order valence-corrected chi connectivity index (χ1v) is 11.9. The molecule has 0 aliphatic carbocycles. The van der Waals surface area contributed by atoms with Gasteiger partial charge in [-0.2, -0.15) is 5.26 Å². The minimum Gasteiger partial charge on any atom is -0.325 e. The summed E-state index contributed by atoms with van der Waals surface area (Å²) < 4.78 is 0. The van der Waals surface area contributed by atoms with Crippen LogP contribution in [0.15, 0.2) is 54.6 Å². The van der Waals surface area contributed by atoms with Crippen molar-refractivity contribution in [1.82, 2.24) is 15.2 Å². The molecule has 1 amide bonds. The number of nitriles is 1. The molecule has 2 heterocycles. The number of carbonyl (C=O) groups is 2. The summed E-state index contributed by atoms with van der Waals surface area (Å²) >= 11 is 18.7. The smallest absolute Gasteiger partial charge is 0.273 e. The topological polar surface area (TPSA) is 86.1 Å². The number of likely N-dealkylation sites (N-methyl/N-ethyl adjacent to an activating group) is 1. The number of Topliss-reactive ketones (excluding diaryl/α,β-unsaturated/α-hetero) is 1. The number of hydrogen-bond donors (Lipinski definition) is 1. The number of aryl methyl sites for hydroxylation is 1. The molecule has 4 rings (SSSR count). The van der Waals surface area contributed by atoms with Gasteiger partial charge in [-0.3, -0.25) is 9.59 Å². The molecule has 1 aliphatic rings. The van der Waals surface area contributed by atoms with Crippen LogP contribution in [0.5, 0.6) is 0 Å². The molecule has 0 radical (unpaired) electrons. The van der Waals surface area contributed by atoms with Crippen LogP contribution in [-0.4, -0.2) is 47.3 Å². The Labute approximate surface area is 218 Å². The van der Waals surface area contributed by atoms with Crippen molar-refractivity contribution in [1.29, 1.82) is 5.26 Å². The maximum Gasteiger partial charge on any atom is 0.273 e. The van der Waals surface area contributed by atoms with E-state index in [0.29, 0.717) is 38.4 Å². The lowest BCUT2D eigenvalue weighted by Gasteiger charge is -2.41. The summed E-state index contributed by atoms with van der Waals surface area (Å²) in [6.45, 7) is 2.38. The molecule has 3 aromatic rings. The molecule has 178 valence electrons. The summed E-state index contributed by atoms with van der Waals surface area (Å²) in [5, 5.41) is 13.6. The van der Waals surface area contributed by atoms with Crippen molar-refractivity contribution in [3.05, 3.63) is 97.7 Å². The zero-order valence-electron chi connectivity index (χ0n) is 19.0. The van der Waals surface area contributed by atoms with E-state index >= 15 is 0 Å². The monoisotopic (exact) mass is 526 g/mol. The molecule has 2 aromatic carbocycles. The second-order valence-electron chi connectivity index (χ2n) is 8.48. The van der Waals surface area contributed by atoms with Gasteiger partial charge < -0.3 is 10.2 Å². The van der Waals surface area contributed by atoms with Crippen LogP contribution < -0.4 is 5.32 Å². The first kappa shape index (κ1) is 25.2. The van der Waals surface area contributed by atoms with E-state index in [2.05, 4.69) is 16.4 Å². The number of carbonyl (C=O) groups excluding carboxylic acids is 2. The van der Waals surface area contributed by atoms with E-state index in [0.717, 1.165) is 5.56 Å². The number of pyridine rings is 1. The Balaban J connectivity index is 1.86. The maximum atomic E-state index is 14.2.